The fourth-order valence-electron chi connectivity index (χ4n) is 4.20. The first kappa shape index (κ1) is 29.8. The molecule has 5 rings (SSSR count). The average molecular weight is 602 g/mol. The van der Waals surface area contributed by atoms with Crippen LogP contribution in [0.15, 0.2) is 81.8 Å². The van der Waals surface area contributed by atoms with E-state index in [0.29, 0.717) is 53.8 Å². The third-order valence-electron chi connectivity index (χ3n) is 6.79. The van der Waals surface area contributed by atoms with E-state index in [-0.39, 0.29) is 5.92 Å². The molecule has 3 aromatic carbocycles. The summed E-state index contributed by atoms with van der Waals surface area (Å²) >= 11 is 6.04. The van der Waals surface area contributed by atoms with Gasteiger partial charge in [-0.1, -0.05) is 67.0 Å². The van der Waals surface area contributed by atoms with E-state index >= 15 is 0 Å². The number of anilines is 1. The molecular formula is C32H32ClN5O5. The molecule has 222 valence electrons. The van der Waals surface area contributed by atoms with Crippen molar-refractivity contribution in [2.75, 3.05) is 11.4 Å². The monoisotopic (exact) mass is 601 g/mol. The van der Waals surface area contributed by atoms with Crippen molar-refractivity contribution in [1.82, 2.24) is 20.3 Å². The van der Waals surface area contributed by atoms with Crippen LogP contribution in [0.3, 0.4) is 0 Å². The SMILES string of the molecule is CC(C)c1nc(-c2ccc(CN(CCc3ccc(OC(C)(C)C(=O)O)cc3)c3noc(-c4ccc(Cl)cc4)n3)cc2)no1. The Morgan fingerprint density at radius 3 is 2.19 bits per heavy atom. The molecule has 2 heterocycles. The molecule has 5 aromatic rings. The number of carboxylic acid groups (broad SMARTS) is 1. The van der Waals surface area contributed by atoms with E-state index in [2.05, 4.69) is 20.3 Å². The van der Waals surface area contributed by atoms with Gasteiger partial charge in [0.2, 0.25) is 11.7 Å². The smallest absolute Gasteiger partial charge is 0.347 e. The Balaban J connectivity index is 1.33. The topological polar surface area (TPSA) is 128 Å². The molecule has 0 spiro atoms. The Hall–Kier alpha value is -4.70. The molecule has 2 aromatic heterocycles. The first-order valence-electron chi connectivity index (χ1n) is 13.9. The predicted octanol–water partition coefficient (Wildman–Crippen LogP) is 7.05. The van der Waals surface area contributed by atoms with Crippen LogP contribution in [0, 0.1) is 0 Å². The summed E-state index contributed by atoms with van der Waals surface area (Å²) in [7, 11) is 0. The van der Waals surface area contributed by atoms with E-state index in [1.54, 1.807) is 24.3 Å². The van der Waals surface area contributed by atoms with Crippen LogP contribution < -0.4 is 9.64 Å². The van der Waals surface area contributed by atoms with Crippen LogP contribution in [0.4, 0.5) is 5.95 Å². The van der Waals surface area contributed by atoms with Crippen LogP contribution in [0.5, 0.6) is 5.75 Å². The van der Waals surface area contributed by atoms with Crippen molar-refractivity contribution in [1.29, 1.82) is 0 Å². The maximum Gasteiger partial charge on any atom is 0.347 e. The number of aromatic nitrogens is 4. The number of benzene rings is 3. The highest BCUT2D eigenvalue weighted by atomic mass is 35.5. The Morgan fingerprint density at radius 1 is 0.907 bits per heavy atom. The van der Waals surface area contributed by atoms with Crippen LogP contribution in [-0.2, 0) is 17.8 Å². The number of nitrogens with zero attached hydrogens (tertiary/aromatic N) is 5. The second-order valence-corrected chi connectivity index (χ2v) is 11.4. The minimum atomic E-state index is -1.32. The van der Waals surface area contributed by atoms with Gasteiger partial charge in [0.1, 0.15) is 5.75 Å². The van der Waals surface area contributed by atoms with Crippen molar-refractivity contribution >= 4 is 23.5 Å². The maximum atomic E-state index is 11.4. The molecule has 0 radical (unpaired) electrons. The Kier molecular flexibility index (Phi) is 8.77. The van der Waals surface area contributed by atoms with Crippen molar-refractivity contribution < 1.29 is 23.7 Å². The highest BCUT2D eigenvalue weighted by molar-refractivity contribution is 6.30. The van der Waals surface area contributed by atoms with Crippen molar-refractivity contribution in [2.45, 2.75) is 52.2 Å². The molecular weight excluding hydrogens is 570 g/mol. The number of carbonyl (C=O) groups is 1. The first-order valence-corrected chi connectivity index (χ1v) is 14.2. The van der Waals surface area contributed by atoms with Gasteiger partial charge >= 0.3 is 5.97 Å². The van der Waals surface area contributed by atoms with E-state index < -0.39 is 11.6 Å². The Bertz CT molecular complexity index is 1660. The standard InChI is InChI=1S/C32H32ClN5O5/c1-20(2)28-34-27(36-42-28)23-9-5-22(6-10-23)19-38(31-35-29(43-37-31)24-11-13-25(33)14-12-24)18-17-21-7-15-26(16-8-21)41-32(3,4)30(39)40/h5-16,20H,17-19H2,1-4H3,(H,39,40). The highest BCUT2D eigenvalue weighted by Crippen LogP contribution is 2.25. The molecule has 0 aliphatic rings. The van der Waals surface area contributed by atoms with E-state index in [4.69, 9.17) is 25.4 Å². The van der Waals surface area contributed by atoms with Crippen LogP contribution in [-0.4, -0.2) is 43.5 Å². The zero-order chi connectivity index (χ0) is 30.6. The molecule has 11 heteroatoms. The minimum Gasteiger partial charge on any atom is -0.478 e. The second kappa shape index (κ2) is 12.7. The molecule has 1 N–H and O–H groups in total. The lowest BCUT2D eigenvalue weighted by molar-refractivity contribution is -0.152. The normalized spacial score (nSPS) is 11.6. The van der Waals surface area contributed by atoms with Crippen molar-refractivity contribution in [3.05, 3.63) is 94.8 Å². The third kappa shape index (κ3) is 7.39. The van der Waals surface area contributed by atoms with Gasteiger partial charge in [-0.05, 0) is 73.0 Å². The molecule has 0 unspecified atom stereocenters. The van der Waals surface area contributed by atoms with Crippen LogP contribution in [0.2, 0.25) is 5.02 Å². The highest BCUT2D eigenvalue weighted by Gasteiger charge is 2.29. The summed E-state index contributed by atoms with van der Waals surface area (Å²) in [6, 6.07) is 22.6. The van der Waals surface area contributed by atoms with Gasteiger partial charge in [-0.2, -0.15) is 9.97 Å². The summed E-state index contributed by atoms with van der Waals surface area (Å²) in [4.78, 5) is 22.6. The molecule has 43 heavy (non-hydrogen) atoms. The fraction of sp³-hybridized carbons (Fsp3) is 0.281. The van der Waals surface area contributed by atoms with Gasteiger partial charge in [-0.15, -0.1) is 0 Å². The lowest BCUT2D eigenvalue weighted by Gasteiger charge is -2.22. The van der Waals surface area contributed by atoms with Gasteiger partial charge in [-0.3, -0.25) is 0 Å². The number of halogens is 1. The molecule has 0 saturated carbocycles. The summed E-state index contributed by atoms with van der Waals surface area (Å²) in [5, 5.41) is 18.4. The molecule has 0 fully saturated rings. The number of rotatable bonds is 12. The number of carboxylic acids is 1. The molecule has 0 aliphatic carbocycles. The van der Waals surface area contributed by atoms with E-state index in [1.807, 2.05) is 67.3 Å². The Labute approximate surface area is 254 Å². The zero-order valence-electron chi connectivity index (χ0n) is 24.3. The van der Waals surface area contributed by atoms with Gasteiger partial charge < -0.3 is 23.8 Å². The van der Waals surface area contributed by atoms with E-state index in [0.717, 1.165) is 22.3 Å². The minimum absolute atomic E-state index is 0.155. The molecule has 0 atom stereocenters. The van der Waals surface area contributed by atoms with Gasteiger partial charge in [0.15, 0.2) is 5.60 Å². The largest absolute Gasteiger partial charge is 0.478 e. The van der Waals surface area contributed by atoms with E-state index in [9.17, 15) is 9.90 Å². The van der Waals surface area contributed by atoms with Crippen LogP contribution in [0.1, 0.15) is 50.6 Å². The fourth-order valence-corrected chi connectivity index (χ4v) is 4.32. The Morgan fingerprint density at radius 2 is 1.56 bits per heavy atom. The summed E-state index contributed by atoms with van der Waals surface area (Å²) in [5.41, 5.74) is 2.39. The number of hydrogen-bond acceptors (Lipinski definition) is 9. The summed E-state index contributed by atoms with van der Waals surface area (Å²) in [6.07, 6.45) is 0.673. The van der Waals surface area contributed by atoms with Gasteiger partial charge in [0, 0.05) is 35.2 Å². The molecule has 0 amide bonds. The number of ether oxygens (including phenoxy) is 1. The van der Waals surface area contributed by atoms with Crippen LogP contribution in [0.25, 0.3) is 22.8 Å². The zero-order valence-corrected chi connectivity index (χ0v) is 25.1. The summed E-state index contributed by atoms with van der Waals surface area (Å²) < 4.78 is 16.6. The molecule has 10 nitrogen and oxygen atoms in total. The molecule has 0 bridgehead atoms. The van der Waals surface area contributed by atoms with Crippen molar-refractivity contribution in [2.24, 2.45) is 0 Å². The molecule has 0 saturated heterocycles. The lowest BCUT2D eigenvalue weighted by atomic mass is 10.1. The number of hydrogen-bond donors (Lipinski definition) is 1. The van der Waals surface area contributed by atoms with Gasteiger partial charge in [-0.25, -0.2) is 4.79 Å². The van der Waals surface area contributed by atoms with Crippen molar-refractivity contribution in [3.8, 4) is 28.6 Å². The third-order valence-corrected chi connectivity index (χ3v) is 7.04. The lowest BCUT2D eigenvalue weighted by Crippen LogP contribution is -2.37. The van der Waals surface area contributed by atoms with Gasteiger partial charge in [0.05, 0.1) is 0 Å². The van der Waals surface area contributed by atoms with Gasteiger partial charge in [0.25, 0.3) is 11.8 Å². The quantitative estimate of drug-likeness (QED) is 0.159. The first-order chi connectivity index (χ1) is 20.6. The summed E-state index contributed by atoms with van der Waals surface area (Å²) in [6.45, 7) is 8.16. The average Bonchev–Trinajstić information content (AvgIpc) is 3.68. The van der Waals surface area contributed by atoms with E-state index in [1.165, 1.54) is 13.8 Å². The second-order valence-electron chi connectivity index (χ2n) is 10.9. The number of aliphatic carboxylic acids is 1. The summed E-state index contributed by atoms with van der Waals surface area (Å²) in [5.74, 6) is 1.62. The predicted molar refractivity (Wildman–Crippen MR) is 162 cm³/mol. The van der Waals surface area contributed by atoms with Crippen LogP contribution >= 0.6 is 11.6 Å². The molecule has 0 aliphatic heterocycles. The van der Waals surface area contributed by atoms with Crippen molar-refractivity contribution in [3.63, 3.8) is 0 Å². The maximum absolute atomic E-state index is 11.4.